The third-order valence-corrected chi connectivity index (χ3v) is 4.88. The first-order chi connectivity index (χ1) is 11.4. The van der Waals surface area contributed by atoms with Crippen LogP contribution in [0.2, 0.25) is 0 Å². The van der Waals surface area contributed by atoms with Gasteiger partial charge in [-0.1, -0.05) is 79.9 Å². The summed E-state index contributed by atoms with van der Waals surface area (Å²) in [6, 6.07) is 23.3. The highest BCUT2D eigenvalue weighted by molar-refractivity contribution is 5.80. The van der Waals surface area contributed by atoms with Gasteiger partial charge in [-0.25, -0.2) is 0 Å². The number of benzene rings is 2. The Bertz CT molecular complexity index is 692. The molecular weight excluding hydrogens is 280 g/mol. The summed E-state index contributed by atoms with van der Waals surface area (Å²) in [5.41, 5.74) is 3.61. The molecule has 1 nitrogen and oxygen atoms in total. The van der Waals surface area contributed by atoms with Crippen LogP contribution in [0.25, 0.3) is 22.5 Å². The maximum absolute atomic E-state index is 6.39. The summed E-state index contributed by atoms with van der Waals surface area (Å²) in [7, 11) is 0. The topological polar surface area (TPSA) is 13.1 Å². The molecule has 0 N–H and O–H groups in total. The molecule has 116 valence electrons. The van der Waals surface area contributed by atoms with Crippen molar-refractivity contribution in [2.45, 2.75) is 38.0 Å². The molecule has 0 amide bonds. The minimum absolute atomic E-state index is 0.587. The summed E-state index contributed by atoms with van der Waals surface area (Å²) in [4.78, 5) is 0. The second-order valence-corrected chi connectivity index (χ2v) is 6.46. The van der Waals surface area contributed by atoms with Crippen LogP contribution in [0.4, 0.5) is 0 Å². The Morgan fingerprint density at radius 3 is 1.96 bits per heavy atom. The molecule has 0 atom stereocenters. The average molecular weight is 302 g/mol. The van der Waals surface area contributed by atoms with E-state index in [2.05, 4.69) is 66.7 Å². The predicted molar refractivity (Wildman–Crippen MR) is 95.4 cm³/mol. The Kier molecular flexibility index (Phi) is 4.02. The fraction of sp³-hybridized carbons (Fsp3) is 0.273. The number of rotatable bonds is 3. The number of hydrogen-bond donors (Lipinski definition) is 0. The van der Waals surface area contributed by atoms with Crippen LogP contribution in [0.3, 0.4) is 0 Å². The van der Waals surface area contributed by atoms with E-state index in [0.29, 0.717) is 5.92 Å². The first-order valence-electron chi connectivity index (χ1n) is 8.66. The second-order valence-electron chi connectivity index (χ2n) is 6.46. The van der Waals surface area contributed by atoms with Crippen LogP contribution in [-0.4, -0.2) is 0 Å². The molecular formula is C22H22O. The van der Waals surface area contributed by atoms with E-state index in [0.717, 1.165) is 11.3 Å². The molecule has 1 aliphatic carbocycles. The molecule has 1 heterocycles. The Morgan fingerprint density at radius 1 is 0.696 bits per heavy atom. The highest BCUT2D eigenvalue weighted by Crippen LogP contribution is 2.41. The van der Waals surface area contributed by atoms with Gasteiger partial charge in [0.2, 0.25) is 0 Å². The highest BCUT2D eigenvalue weighted by atomic mass is 16.3. The van der Waals surface area contributed by atoms with Gasteiger partial charge in [-0.3, -0.25) is 0 Å². The zero-order valence-corrected chi connectivity index (χ0v) is 13.4. The van der Waals surface area contributed by atoms with Gasteiger partial charge in [0, 0.05) is 17.0 Å². The van der Waals surface area contributed by atoms with E-state index in [1.165, 1.54) is 49.0 Å². The third-order valence-electron chi connectivity index (χ3n) is 4.88. The van der Waals surface area contributed by atoms with Gasteiger partial charge in [0.1, 0.15) is 11.5 Å². The lowest BCUT2D eigenvalue weighted by atomic mass is 9.87. The molecule has 1 heteroatoms. The van der Waals surface area contributed by atoms with E-state index < -0.39 is 0 Å². The van der Waals surface area contributed by atoms with Crippen LogP contribution in [0, 0.1) is 0 Å². The van der Waals surface area contributed by atoms with Gasteiger partial charge in [0.05, 0.1) is 0 Å². The van der Waals surface area contributed by atoms with Crippen molar-refractivity contribution in [3.8, 4) is 22.5 Å². The van der Waals surface area contributed by atoms with E-state index in [1.54, 1.807) is 0 Å². The van der Waals surface area contributed by atoms with E-state index in [-0.39, 0.29) is 0 Å². The maximum atomic E-state index is 6.39. The maximum Gasteiger partial charge on any atom is 0.142 e. The van der Waals surface area contributed by atoms with Crippen molar-refractivity contribution in [2.75, 3.05) is 0 Å². The molecule has 0 unspecified atom stereocenters. The van der Waals surface area contributed by atoms with Gasteiger partial charge in [0.25, 0.3) is 0 Å². The van der Waals surface area contributed by atoms with E-state index in [4.69, 9.17) is 4.42 Å². The molecule has 4 rings (SSSR count). The smallest absolute Gasteiger partial charge is 0.142 e. The van der Waals surface area contributed by atoms with Crippen molar-refractivity contribution >= 4 is 0 Å². The summed E-state index contributed by atoms with van der Waals surface area (Å²) < 4.78 is 6.39. The van der Waals surface area contributed by atoms with Crippen molar-refractivity contribution in [3.05, 3.63) is 72.5 Å². The molecule has 1 aliphatic rings. The summed E-state index contributed by atoms with van der Waals surface area (Å²) in [5.74, 6) is 2.77. The number of hydrogen-bond acceptors (Lipinski definition) is 1. The largest absolute Gasteiger partial charge is 0.460 e. The molecule has 0 radical (unpaired) electrons. The van der Waals surface area contributed by atoms with Gasteiger partial charge in [-0.2, -0.15) is 0 Å². The Labute approximate surface area is 138 Å². The van der Waals surface area contributed by atoms with Crippen LogP contribution in [0.15, 0.2) is 71.1 Å². The zero-order valence-electron chi connectivity index (χ0n) is 13.4. The minimum atomic E-state index is 0.587. The first kappa shape index (κ1) is 14.3. The Balaban J connectivity index is 1.81. The fourth-order valence-corrected chi connectivity index (χ4v) is 3.63. The van der Waals surface area contributed by atoms with E-state index in [9.17, 15) is 0 Å². The minimum Gasteiger partial charge on any atom is -0.460 e. The zero-order chi connectivity index (χ0) is 15.5. The average Bonchev–Trinajstić information content (AvgIpc) is 3.09. The number of furan rings is 1. The summed E-state index contributed by atoms with van der Waals surface area (Å²) in [6.45, 7) is 0. The van der Waals surface area contributed by atoms with Gasteiger partial charge in [-0.05, 0) is 24.5 Å². The van der Waals surface area contributed by atoms with Gasteiger partial charge >= 0.3 is 0 Å². The van der Waals surface area contributed by atoms with Crippen LogP contribution in [0.1, 0.15) is 43.8 Å². The molecule has 1 saturated carbocycles. The van der Waals surface area contributed by atoms with Crippen LogP contribution >= 0.6 is 0 Å². The van der Waals surface area contributed by atoms with Gasteiger partial charge < -0.3 is 4.42 Å². The molecule has 1 fully saturated rings. The molecule has 3 aromatic rings. The Morgan fingerprint density at radius 2 is 1.30 bits per heavy atom. The van der Waals surface area contributed by atoms with Crippen LogP contribution < -0.4 is 0 Å². The molecule has 0 aliphatic heterocycles. The summed E-state index contributed by atoms with van der Waals surface area (Å²) in [5, 5.41) is 0. The lowest BCUT2D eigenvalue weighted by molar-refractivity contribution is 0.378. The monoisotopic (exact) mass is 302 g/mol. The lowest BCUT2D eigenvalue weighted by Crippen LogP contribution is -2.02. The standard InChI is InChI=1S/C22H22O/c1-4-10-17(11-5-1)20-16-21(18-12-6-2-7-13-18)23-22(20)19-14-8-3-9-15-19/h1,3-5,8-11,14-16,18H,2,6-7,12-13H2. The van der Waals surface area contributed by atoms with Crippen LogP contribution in [0.5, 0.6) is 0 Å². The van der Waals surface area contributed by atoms with Gasteiger partial charge in [0.15, 0.2) is 0 Å². The van der Waals surface area contributed by atoms with Crippen molar-refractivity contribution in [2.24, 2.45) is 0 Å². The Hall–Kier alpha value is -2.28. The van der Waals surface area contributed by atoms with Gasteiger partial charge in [-0.15, -0.1) is 0 Å². The molecule has 1 aromatic heterocycles. The molecule has 23 heavy (non-hydrogen) atoms. The summed E-state index contributed by atoms with van der Waals surface area (Å²) in [6.07, 6.45) is 6.54. The van der Waals surface area contributed by atoms with Crippen molar-refractivity contribution in [1.82, 2.24) is 0 Å². The second kappa shape index (κ2) is 6.45. The van der Waals surface area contributed by atoms with E-state index >= 15 is 0 Å². The highest BCUT2D eigenvalue weighted by Gasteiger charge is 2.22. The molecule has 0 spiro atoms. The molecule has 2 aromatic carbocycles. The molecule has 0 saturated heterocycles. The molecule has 0 bridgehead atoms. The summed E-state index contributed by atoms with van der Waals surface area (Å²) >= 11 is 0. The van der Waals surface area contributed by atoms with Crippen molar-refractivity contribution in [3.63, 3.8) is 0 Å². The SMILES string of the molecule is c1ccc(-c2cc(C3CCCCC3)oc2-c2ccccc2)cc1. The fourth-order valence-electron chi connectivity index (χ4n) is 3.63. The normalized spacial score (nSPS) is 15.7. The van der Waals surface area contributed by atoms with Crippen molar-refractivity contribution in [1.29, 1.82) is 0 Å². The van der Waals surface area contributed by atoms with Crippen LogP contribution in [-0.2, 0) is 0 Å². The lowest BCUT2D eigenvalue weighted by Gasteiger charge is -2.19. The first-order valence-corrected chi connectivity index (χ1v) is 8.66. The van der Waals surface area contributed by atoms with Crippen molar-refractivity contribution < 1.29 is 4.42 Å². The predicted octanol–water partition coefficient (Wildman–Crippen LogP) is 6.66. The quantitative estimate of drug-likeness (QED) is 0.527. The third kappa shape index (κ3) is 2.96. The van der Waals surface area contributed by atoms with E-state index in [1.807, 2.05) is 0 Å².